The van der Waals surface area contributed by atoms with E-state index in [1.807, 2.05) is 36.4 Å². The summed E-state index contributed by atoms with van der Waals surface area (Å²) in [6, 6.07) is 11.4. The standard InChI is InChI=1S/2C5H5N.4ClH.Ir/c2*1-2-4-6-5-3-1;;;;;/h2*1-5H;4*1H;/q;;;;;;+4/p-4. The van der Waals surface area contributed by atoms with Crippen LogP contribution >= 0.6 is 38.3 Å². The van der Waals surface area contributed by atoms with E-state index in [-0.39, 0.29) is 0 Å². The monoisotopic (exact) mass is 491 g/mol. The second-order valence-corrected chi connectivity index (χ2v) is 23.1. The maximum absolute atomic E-state index is 5.01. The van der Waals surface area contributed by atoms with Crippen LogP contribution in [0.5, 0.6) is 0 Å². The molecule has 0 radical (unpaired) electrons. The van der Waals surface area contributed by atoms with Crippen LogP contribution in [0.2, 0.25) is 0 Å². The first-order valence-corrected chi connectivity index (χ1v) is 16.1. The first-order valence-electron chi connectivity index (χ1n) is 4.20. The van der Waals surface area contributed by atoms with Crippen molar-refractivity contribution in [2.75, 3.05) is 0 Å². The van der Waals surface area contributed by atoms with Crippen LogP contribution in [-0.4, -0.2) is 9.97 Å². The molecule has 0 spiro atoms. The van der Waals surface area contributed by atoms with Crippen molar-refractivity contribution in [1.82, 2.24) is 9.97 Å². The molecule has 0 aliphatic rings. The van der Waals surface area contributed by atoms with Gasteiger partial charge in [-0.1, -0.05) is 12.1 Å². The molecule has 0 N–H and O–H groups in total. The summed E-state index contributed by atoms with van der Waals surface area (Å²) in [5.74, 6) is 0. The van der Waals surface area contributed by atoms with Gasteiger partial charge in [0.2, 0.25) is 0 Å². The van der Waals surface area contributed by atoms with E-state index in [9.17, 15) is 0 Å². The summed E-state index contributed by atoms with van der Waals surface area (Å²) in [5.41, 5.74) is 0. The topological polar surface area (TPSA) is 25.8 Å². The minimum absolute atomic E-state index is 1.75. The first kappa shape index (κ1) is 17.1. The molecular weight excluding hydrogens is 482 g/mol. The molecule has 2 aromatic rings. The average Bonchev–Trinajstić information content (AvgIpc) is 2.32. The van der Waals surface area contributed by atoms with Gasteiger partial charge in [-0.25, -0.2) is 0 Å². The summed E-state index contributed by atoms with van der Waals surface area (Å²) in [6.45, 7) is 0. The second-order valence-electron chi connectivity index (χ2n) is 2.33. The second kappa shape index (κ2) is 11.2. The maximum Gasteiger partial charge on any atom is 0.0267 e. The first-order chi connectivity index (χ1) is 8.00. The molecule has 7 heteroatoms. The minimum Gasteiger partial charge on any atom is -0.265 e. The van der Waals surface area contributed by atoms with Gasteiger partial charge in [0.05, 0.1) is 0 Å². The Bertz CT molecular complexity index is 265. The quantitative estimate of drug-likeness (QED) is 0.522. The summed E-state index contributed by atoms with van der Waals surface area (Å²) in [6.07, 6.45) is 7.00. The van der Waals surface area contributed by atoms with Gasteiger partial charge < -0.3 is 0 Å². The summed E-state index contributed by atoms with van der Waals surface area (Å²) in [7, 11) is 20.1. The van der Waals surface area contributed by atoms with Gasteiger partial charge >= 0.3 is 49.6 Å². The Morgan fingerprint density at radius 1 is 0.529 bits per heavy atom. The predicted octanol–water partition coefficient (Wildman–Crippen LogP) is 4.92. The Labute approximate surface area is 120 Å². The Morgan fingerprint density at radius 3 is 0.824 bits per heavy atom. The van der Waals surface area contributed by atoms with Crippen molar-refractivity contribution in [3.8, 4) is 0 Å². The van der Waals surface area contributed by atoms with Crippen LogP contribution in [0, 0.1) is 0 Å². The molecule has 2 aromatic heterocycles. The van der Waals surface area contributed by atoms with Crippen molar-refractivity contribution in [3.63, 3.8) is 0 Å². The minimum atomic E-state index is -3.11. The van der Waals surface area contributed by atoms with Gasteiger partial charge in [-0.3, -0.25) is 9.97 Å². The number of pyridine rings is 2. The van der Waals surface area contributed by atoms with Crippen LogP contribution in [-0.2, 0) is 11.2 Å². The zero-order chi connectivity index (χ0) is 13.0. The van der Waals surface area contributed by atoms with Crippen LogP contribution in [0.4, 0.5) is 0 Å². The predicted molar refractivity (Wildman–Crippen MR) is 71.9 cm³/mol. The number of hydrogen-bond donors (Lipinski definition) is 0. The van der Waals surface area contributed by atoms with Crippen molar-refractivity contribution < 1.29 is 11.2 Å². The van der Waals surface area contributed by atoms with Gasteiger partial charge in [0, 0.05) is 24.8 Å². The van der Waals surface area contributed by atoms with Crippen molar-refractivity contribution >= 4 is 38.3 Å². The average molecular weight is 492 g/mol. The summed E-state index contributed by atoms with van der Waals surface area (Å²) in [4.78, 5) is 7.57. The molecule has 0 saturated heterocycles. The number of aromatic nitrogens is 2. The SMILES string of the molecule is [Cl][Ir]([Cl])([Cl])[Cl].c1ccncc1.c1ccncc1. The molecule has 0 amide bonds. The van der Waals surface area contributed by atoms with Gasteiger partial charge in [-0.05, 0) is 24.3 Å². The van der Waals surface area contributed by atoms with E-state index in [0.717, 1.165) is 0 Å². The Morgan fingerprint density at radius 2 is 0.765 bits per heavy atom. The largest absolute Gasteiger partial charge is 0.265 e. The molecule has 2 nitrogen and oxygen atoms in total. The van der Waals surface area contributed by atoms with Crippen molar-refractivity contribution in [2.24, 2.45) is 0 Å². The molecule has 97 valence electrons. The molecule has 0 saturated carbocycles. The smallest absolute Gasteiger partial charge is 0.0267 e. The van der Waals surface area contributed by atoms with E-state index in [2.05, 4.69) is 9.97 Å². The van der Waals surface area contributed by atoms with E-state index >= 15 is 0 Å². The molecule has 0 atom stereocenters. The van der Waals surface area contributed by atoms with Crippen LogP contribution in [0.1, 0.15) is 0 Å². The van der Waals surface area contributed by atoms with Crippen molar-refractivity contribution in [2.45, 2.75) is 0 Å². The molecule has 0 aliphatic heterocycles. The Kier molecular flexibility index (Phi) is 11.3. The van der Waals surface area contributed by atoms with E-state index in [0.29, 0.717) is 0 Å². The van der Waals surface area contributed by atoms with Gasteiger partial charge in [0.15, 0.2) is 0 Å². The molecule has 2 heterocycles. The molecule has 0 aliphatic carbocycles. The summed E-state index contributed by atoms with van der Waals surface area (Å²) in [5, 5.41) is 0. The number of hydrogen-bond acceptors (Lipinski definition) is 2. The fourth-order valence-electron chi connectivity index (χ4n) is 0.625. The number of rotatable bonds is 0. The molecule has 2 rings (SSSR count). The fourth-order valence-corrected chi connectivity index (χ4v) is 0.625. The zero-order valence-corrected chi connectivity index (χ0v) is 13.9. The van der Waals surface area contributed by atoms with E-state index in [4.69, 9.17) is 38.3 Å². The van der Waals surface area contributed by atoms with Gasteiger partial charge in [-0.2, -0.15) is 0 Å². The molecule has 17 heavy (non-hydrogen) atoms. The third kappa shape index (κ3) is 21.9. The van der Waals surface area contributed by atoms with Crippen LogP contribution < -0.4 is 0 Å². The van der Waals surface area contributed by atoms with Crippen LogP contribution in [0.15, 0.2) is 61.2 Å². The van der Waals surface area contributed by atoms with Gasteiger partial charge in [0.1, 0.15) is 0 Å². The number of halogens is 4. The summed E-state index contributed by atoms with van der Waals surface area (Å²) < 4.78 is 0. The summed E-state index contributed by atoms with van der Waals surface area (Å²) >= 11 is -3.11. The normalized spacial score (nSPS) is 10.1. The van der Waals surface area contributed by atoms with Gasteiger partial charge in [-0.15, -0.1) is 0 Å². The van der Waals surface area contributed by atoms with Crippen LogP contribution in [0.3, 0.4) is 0 Å². The third-order valence-corrected chi connectivity index (χ3v) is 1.13. The van der Waals surface area contributed by atoms with E-state index in [1.54, 1.807) is 24.8 Å². The molecule has 0 fully saturated rings. The van der Waals surface area contributed by atoms with E-state index < -0.39 is 11.2 Å². The molecule has 0 unspecified atom stereocenters. The Hall–Kier alpha value is 0.109. The Balaban J connectivity index is 0.000000228. The van der Waals surface area contributed by atoms with Crippen molar-refractivity contribution in [3.05, 3.63) is 61.2 Å². The number of nitrogens with zero attached hydrogens (tertiary/aromatic N) is 2. The molecular formula is C10H10Cl4IrN2. The maximum atomic E-state index is 5.01. The molecule has 0 aromatic carbocycles. The fraction of sp³-hybridized carbons (Fsp3) is 0. The third-order valence-electron chi connectivity index (χ3n) is 1.13. The van der Waals surface area contributed by atoms with E-state index in [1.165, 1.54) is 0 Å². The van der Waals surface area contributed by atoms with Gasteiger partial charge in [0.25, 0.3) is 0 Å². The van der Waals surface area contributed by atoms with Crippen molar-refractivity contribution in [1.29, 1.82) is 0 Å². The van der Waals surface area contributed by atoms with Crippen LogP contribution in [0.25, 0.3) is 0 Å². The zero-order valence-electron chi connectivity index (χ0n) is 8.51. The molecule has 0 bridgehead atoms.